The zero-order valence-corrected chi connectivity index (χ0v) is 23.3. The minimum Gasteiger partial charge on any atom is -0.465 e. The summed E-state index contributed by atoms with van der Waals surface area (Å²) in [4.78, 5) is 27.4. The summed E-state index contributed by atoms with van der Waals surface area (Å²) in [5.74, 6) is -0.648. The number of amides is 1. The number of benzene rings is 2. The van der Waals surface area contributed by atoms with Crippen LogP contribution in [0.4, 0.5) is 5.69 Å². The van der Waals surface area contributed by atoms with Crippen molar-refractivity contribution in [3.05, 3.63) is 97.5 Å². The largest absolute Gasteiger partial charge is 0.465 e. The SMILES string of the molecule is COC(=O)C1=C(C)N(c2ccc(Cl)c(Cl)c2)C(=O)/C1=C/c1ccc(CNS(=O)(=O)c2ccc(Br)cc2)o1. The lowest BCUT2D eigenvalue weighted by Crippen LogP contribution is -2.24. The molecule has 0 spiro atoms. The number of nitrogens with zero attached hydrogens (tertiary/aromatic N) is 1. The minimum absolute atomic E-state index is 0.0479. The Hall–Kier alpha value is -2.89. The topological polar surface area (TPSA) is 106 Å². The number of rotatable bonds is 7. The van der Waals surface area contributed by atoms with E-state index in [1.807, 2.05) is 0 Å². The van der Waals surface area contributed by atoms with Gasteiger partial charge in [-0.25, -0.2) is 17.9 Å². The van der Waals surface area contributed by atoms with Crippen LogP contribution in [0.2, 0.25) is 10.0 Å². The predicted molar refractivity (Wildman–Crippen MR) is 144 cm³/mol. The summed E-state index contributed by atoms with van der Waals surface area (Å²) >= 11 is 15.4. The molecule has 0 unspecified atom stereocenters. The number of ether oxygens (including phenoxy) is 1. The van der Waals surface area contributed by atoms with Crippen LogP contribution in [-0.4, -0.2) is 27.4 Å². The Morgan fingerprint density at radius 2 is 1.81 bits per heavy atom. The second kappa shape index (κ2) is 10.8. The molecule has 1 amide bonds. The Bertz CT molecular complexity index is 1560. The summed E-state index contributed by atoms with van der Waals surface area (Å²) in [5, 5.41) is 0.569. The maximum atomic E-state index is 13.4. The summed E-state index contributed by atoms with van der Waals surface area (Å²) in [5.41, 5.74) is 0.874. The molecule has 3 aromatic rings. The number of furan rings is 1. The lowest BCUT2D eigenvalue weighted by molar-refractivity contribution is -0.136. The van der Waals surface area contributed by atoms with Crippen LogP contribution in [0.15, 0.2) is 85.2 Å². The van der Waals surface area contributed by atoms with Crippen molar-refractivity contribution in [1.29, 1.82) is 0 Å². The summed E-state index contributed by atoms with van der Waals surface area (Å²) in [6, 6.07) is 14.0. The Labute approximate surface area is 231 Å². The zero-order valence-electron chi connectivity index (χ0n) is 19.4. The van der Waals surface area contributed by atoms with Crippen LogP contribution in [-0.2, 0) is 30.9 Å². The maximum absolute atomic E-state index is 13.4. The van der Waals surface area contributed by atoms with Crippen molar-refractivity contribution >= 4 is 72.8 Å². The highest BCUT2D eigenvalue weighted by atomic mass is 79.9. The molecule has 0 bridgehead atoms. The van der Waals surface area contributed by atoms with Gasteiger partial charge in [0.25, 0.3) is 5.91 Å². The molecule has 0 fully saturated rings. The van der Waals surface area contributed by atoms with Gasteiger partial charge in [0.1, 0.15) is 11.5 Å². The maximum Gasteiger partial charge on any atom is 0.340 e. The zero-order chi connectivity index (χ0) is 26.9. The quantitative estimate of drug-likeness (QED) is 0.267. The van der Waals surface area contributed by atoms with Crippen molar-refractivity contribution in [2.75, 3.05) is 12.0 Å². The predicted octanol–water partition coefficient (Wildman–Crippen LogP) is 5.70. The van der Waals surface area contributed by atoms with E-state index in [-0.39, 0.29) is 33.4 Å². The summed E-state index contributed by atoms with van der Waals surface area (Å²) < 4.78 is 38.9. The number of sulfonamides is 1. The molecule has 37 heavy (non-hydrogen) atoms. The van der Waals surface area contributed by atoms with E-state index in [1.54, 1.807) is 43.3 Å². The lowest BCUT2D eigenvalue weighted by Gasteiger charge is -2.18. The molecule has 8 nitrogen and oxygen atoms in total. The molecule has 0 atom stereocenters. The smallest absolute Gasteiger partial charge is 0.340 e. The number of hydrogen-bond acceptors (Lipinski definition) is 6. The van der Waals surface area contributed by atoms with E-state index in [1.165, 1.54) is 36.3 Å². The van der Waals surface area contributed by atoms with Gasteiger partial charge in [0.05, 0.1) is 45.4 Å². The van der Waals surface area contributed by atoms with E-state index in [4.69, 9.17) is 32.4 Å². The molecule has 192 valence electrons. The van der Waals surface area contributed by atoms with E-state index < -0.39 is 21.9 Å². The average molecular weight is 626 g/mol. The first kappa shape index (κ1) is 27.2. The first-order valence-electron chi connectivity index (χ1n) is 10.7. The second-order valence-electron chi connectivity index (χ2n) is 7.83. The Morgan fingerprint density at radius 1 is 1.11 bits per heavy atom. The first-order valence-corrected chi connectivity index (χ1v) is 13.7. The third kappa shape index (κ3) is 5.68. The van der Waals surface area contributed by atoms with Crippen molar-refractivity contribution < 1.29 is 27.2 Å². The molecular formula is C25H19BrCl2N2O6S. The van der Waals surface area contributed by atoms with Crippen LogP contribution in [0.25, 0.3) is 6.08 Å². The van der Waals surface area contributed by atoms with E-state index in [0.29, 0.717) is 22.2 Å². The Balaban J connectivity index is 1.61. The molecule has 12 heteroatoms. The molecule has 1 N–H and O–H groups in total. The van der Waals surface area contributed by atoms with Crippen LogP contribution in [0, 0.1) is 0 Å². The van der Waals surface area contributed by atoms with E-state index in [2.05, 4.69) is 20.7 Å². The number of esters is 1. The highest BCUT2D eigenvalue weighted by Gasteiger charge is 2.38. The molecule has 2 aromatic carbocycles. The van der Waals surface area contributed by atoms with Gasteiger partial charge in [0.15, 0.2) is 0 Å². The van der Waals surface area contributed by atoms with Crippen molar-refractivity contribution in [2.24, 2.45) is 0 Å². The molecule has 1 aliphatic heterocycles. The Morgan fingerprint density at radius 3 is 2.46 bits per heavy atom. The molecule has 0 saturated heterocycles. The Kier molecular flexibility index (Phi) is 7.96. The molecule has 1 aromatic heterocycles. The van der Waals surface area contributed by atoms with E-state index >= 15 is 0 Å². The molecular weight excluding hydrogens is 607 g/mol. The number of carbonyl (C=O) groups excluding carboxylic acids is 2. The fourth-order valence-corrected chi connectivity index (χ4v) is 5.24. The van der Waals surface area contributed by atoms with Gasteiger partial charge in [0, 0.05) is 10.2 Å². The van der Waals surface area contributed by atoms with Gasteiger partial charge < -0.3 is 9.15 Å². The fourth-order valence-electron chi connectivity index (χ4n) is 3.69. The molecule has 0 aliphatic carbocycles. The average Bonchev–Trinajstić information content (AvgIpc) is 3.41. The third-order valence-electron chi connectivity index (χ3n) is 5.48. The van der Waals surface area contributed by atoms with E-state index in [9.17, 15) is 18.0 Å². The molecule has 2 heterocycles. The minimum atomic E-state index is -3.77. The summed E-state index contributed by atoms with van der Waals surface area (Å²) in [7, 11) is -2.55. The van der Waals surface area contributed by atoms with Gasteiger partial charge in [-0.15, -0.1) is 0 Å². The van der Waals surface area contributed by atoms with Crippen LogP contribution in [0.1, 0.15) is 18.4 Å². The number of carbonyl (C=O) groups is 2. The monoisotopic (exact) mass is 624 g/mol. The second-order valence-corrected chi connectivity index (χ2v) is 11.3. The van der Waals surface area contributed by atoms with E-state index in [0.717, 1.165) is 4.47 Å². The lowest BCUT2D eigenvalue weighted by atomic mass is 10.1. The van der Waals surface area contributed by atoms with Crippen LogP contribution >= 0.6 is 39.1 Å². The molecule has 1 aliphatic rings. The van der Waals surface area contributed by atoms with Gasteiger partial charge in [-0.3, -0.25) is 9.69 Å². The standard InChI is InChI=1S/C25H19BrCl2N2O6S/c1-14-23(25(32)35-2)20(24(31)30(14)16-5-10-21(27)22(28)11-16)12-17-6-7-18(36-17)13-29-37(33,34)19-8-3-15(26)4-9-19/h3-12,29H,13H2,1-2H3/b20-12+. The number of allylic oxidation sites excluding steroid dienone is 1. The molecule has 0 saturated carbocycles. The van der Waals surface area contributed by atoms with Crippen molar-refractivity contribution in [2.45, 2.75) is 18.4 Å². The number of halogens is 3. The number of anilines is 1. The number of nitrogens with one attached hydrogen (secondary N) is 1. The van der Waals surface area contributed by atoms with Gasteiger partial charge in [-0.1, -0.05) is 39.1 Å². The molecule has 4 rings (SSSR count). The number of hydrogen-bond donors (Lipinski definition) is 1. The van der Waals surface area contributed by atoms with Crippen LogP contribution in [0.5, 0.6) is 0 Å². The van der Waals surface area contributed by atoms with Crippen molar-refractivity contribution in [3.8, 4) is 0 Å². The van der Waals surface area contributed by atoms with Gasteiger partial charge in [-0.2, -0.15) is 0 Å². The third-order valence-corrected chi connectivity index (χ3v) is 8.17. The van der Waals surface area contributed by atoms with Gasteiger partial charge in [0.2, 0.25) is 10.0 Å². The molecule has 0 radical (unpaired) electrons. The summed E-state index contributed by atoms with van der Waals surface area (Å²) in [6.07, 6.45) is 1.41. The normalized spacial score (nSPS) is 15.1. The van der Waals surface area contributed by atoms with Crippen LogP contribution < -0.4 is 9.62 Å². The van der Waals surface area contributed by atoms with Gasteiger partial charge in [-0.05, 0) is 67.6 Å². The van der Waals surface area contributed by atoms with Gasteiger partial charge >= 0.3 is 5.97 Å². The highest BCUT2D eigenvalue weighted by molar-refractivity contribution is 9.10. The van der Waals surface area contributed by atoms with Crippen molar-refractivity contribution in [1.82, 2.24) is 4.72 Å². The van der Waals surface area contributed by atoms with Crippen LogP contribution in [0.3, 0.4) is 0 Å². The highest BCUT2D eigenvalue weighted by Crippen LogP contribution is 2.37. The fraction of sp³-hybridized carbons (Fsp3) is 0.120. The summed E-state index contributed by atoms with van der Waals surface area (Å²) in [6.45, 7) is 1.49. The number of methoxy groups -OCH3 is 1. The first-order chi connectivity index (χ1) is 17.5. The van der Waals surface area contributed by atoms with Crippen molar-refractivity contribution in [3.63, 3.8) is 0 Å².